The Balaban J connectivity index is 1.91. The van der Waals surface area contributed by atoms with E-state index in [1.165, 1.54) is 0 Å². The molecule has 0 aromatic heterocycles. The second-order valence-corrected chi connectivity index (χ2v) is 5.54. The van der Waals surface area contributed by atoms with E-state index in [-0.39, 0.29) is 19.4 Å². The second-order valence-electron chi connectivity index (χ2n) is 5.54. The molecular weight excluding hydrogens is 332 g/mol. The summed E-state index contributed by atoms with van der Waals surface area (Å²) in [6.45, 7) is -0.521. The first kappa shape index (κ1) is 18.2. The molecule has 2 amide bonds. The maximum Gasteiger partial charge on any atom is 0.408 e. The maximum atomic E-state index is 12.0. The third-order valence-corrected chi connectivity index (χ3v) is 3.78. The Morgan fingerprint density at radius 2 is 1.80 bits per heavy atom. The SMILES string of the molecule is O=C(O)CC[C@H]1[C@@H](NC(=O)OCc2ccccc2)C(=O)N1CC(=O)O. The number of hydrogen-bond donors (Lipinski definition) is 3. The molecule has 9 heteroatoms. The summed E-state index contributed by atoms with van der Waals surface area (Å²) in [7, 11) is 0. The molecule has 2 rings (SSSR count). The van der Waals surface area contributed by atoms with E-state index in [2.05, 4.69) is 5.32 Å². The van der Waals surface area contributed by atoms with Gasteiger partial charge in [0.05, 0.1) is 6.04 Å². The van der Waals surface area contributed by atoms with Crippen LogP contribution >= 0.6 is 0 Å². The third-order valence-electron chi connectivity index (χ3n) is 3.78. The van der Waals surface area contributed by atoms with Gasteiger partial charge in [-0.1, -0.05) is 30.3 Å². The zero-order valence-electron chi connectivity index (χ0n) is 13.3. The van der Waals surface area contributed by atoms with Crippen LogP contribution in [0.5, 0.6) is 0 Å². The van der Waals surface area contributed by atoms with Gasteiger partial charge in [-0.3, -0.25) is 14.4 Å². The van der Waals surface area contributed by atoms with Crippen molar-refractivity contribution in [1.29, 1.82) is 0 Å². The van der Waals surface area contributed by atoms with Gasteiger partial charge >= 0.3 is 18.0 Å². The Bertz CT molecular complexity index is 662. The lowest BCUT2D eigenvalue weighted by atomic mass is 9.91. The van der Waals surface area contributed by atoms with Crippen molar-refractivity contribution < 1.29 is 34.1 Å². The van der Waals surface area contributed by atoms with Crippen LogP contribution in [0.1, 0.15) is 18.4 Å². The number of carboxylic acid groups (broad SMARTS) is 2. The van der Waals surface area contributed by atoms with Crippen LogP contribution in [-0.2, 0) is 25.7 Å². The van der Waals surface area contributed by atoms with Gasteiger partial charge in [0.2, 0.25) is 5.91 Å². The molecule has 0 bridgehead atoms. The lowest BCUT2D eigenvalue weighted by Crippen LogP contribution is -2.71. The Morgan fingerprint density at radius 1 is 1.12 bits per heavy atom. The number of alkyl carbamates (subject to hydrolysis) is 1. The summed E-state index contributed by atoms with van der Waals surface area (Å²) in [5.74, 6) is -2.85. The average Bonchev–Trinajstić information content (AvgIpc) is 2.58. The first-order valence-electron chi connectivity index (χ1n) is 7.59. The highest BCUT2D eigenvalue weighted by molar-refractivity contribution is 5.94. The smallest absolute Gasteiger partial charge is 0.408 e. The van der Waals surface area contributed by atoms with Gasteiger partial charge in [-0.2, -0.15) is 0 Å². The number of ether oxygens (including phenoxy) is 1. The summed E-state index contributed by atoms with van der Waals surface area (Å²) in [4.78, 5) is 46.4. The molecule has 1 aliphatic rings. The lowest BCUT2D eigenvalue weighted by Gasteiger charge is -2.46. The topological polar surface area (TPSA) is 133 Å². The van der Waals surface area contributed by atoms with Gasteiger partial charge < -0.3 is 25.2 Å². The molecule has 1 fully saturated rings. The van der Waals surface area contributed by atoms with Gasteiger partial charge in [0.15, 0.2) is 0 Å². The number of aliphatic carboxylic acids is 2. The molecule has 9 nitrogen and oxygen atoms in total. The molecule has 0 spiro atoms. The van der Waals surface area contributed by atoms with E-state index in [1.54, 1.807) is 24.3 Å². The number of nitrogens with zero attached hydrogens (tertiary/aromatic N) is 1. The first-order chi connectivity index (χ1) is 11.9. The minimum Gasteiger partial charge on any atom is -0.481 e. The normalized spacial score (nSPS) is 19.0. The van der Waals surface area contributed by atoms with E-state index in [9.17, 15) is 19.2 Å². The summed E-state index contributed by atoms with van der Waals surface area (Å²) >= 11 is 0. The second kappa shape index (κ2) is 8.13. The van der Waals surface area contributed by atoms with Crippen LogP contribution in [0.4, 0.5) is 4.79 Å². The number of likely N-dealkylation sites (tertiary alicyclic amines) is 1. The van der Waals surface area contributed by atoms with Gasteiger partial charge in [-0.15, -0.1) is 0 Å². The number of amides is 2. The molecule has 1 aromatic rings. The standard InChI is InChI=1S/C16H18N2O7/c19-12(20)7-6-11-14(15(23)18(11)8-13(21)22)17-16(24)25-9-10-4-2-1-3-5-10/h1-5,11,14H,6-9H2,(H,17,24)(H,19,20)(H,21,22)/t11-,14+/m0/s1. The largest absolute Gasteiger partial charge is 0.481 e. The van der Waals surface area contributed by atoms with E-state index in [1.807, 2.05) is 6.07 Å². The third kappa shape index (κ3) is 4.93. The zero-order valence-corrected chi connectivity index (χ0v) is 13.3. The Hall–Kier alpha value is -3.10. The Morgan fingerprint density at radius 3 is 2.40 bits per heavy atom. The van der Waals surface area contributed by atoms with Crippen molar-refractivity contribution in [1.82, 2.24) is 10.2 Å². The molecule has 0 aliphatic carbocycles. The summed E-state index contributed by atoms with van der Waals surface area (Å²) in [6, 6.07) is 7.26. The predicted molar refractivity (Wildman–Crippen MR) is 83.6 cm³/mol. The molecule has 0 unspecified atom stereocenters. The molecule has 1 saturated heterocycles. The molecule has 25 heavy (non-hydrogen) atoms. The molecule has 1 heterocycles. The highest BCUT2D eigenvalue weighted by Gasteiger charge is 2.48. The fourth-order valence-corrected chi connectivity index (χ4v) is 2.59. The number of hydrogen-bond acceptors (Lipinski definition) is 5. The monoisotopic (exact) mass is 350 g/mol. The zero-order chi connectivity index (χ0) is 18.4. The van der Waals surface area contributed by atoms with Gasteiger partial charge in [0.1, 0.15) is 19.2 Å². The minimum absolute atomic E-state index is 0.0201. The summed E-state index contributed by atoms with van der Waals surface area (Å²) in [5.41, 5.74) is 0.771. The van der Waals surface area contributed by atoms with E-state index in [0.29, 0.717) is 0 Å². The molecule has 1 aliphatic heterocycles. The van der Waals surface area contributed by atoms with Gasteiger partial charge in [-0.05, 0) is 12.0 Å². The van der Waals surface area contributed by atoms with E-state index in [4.69, 9.17) is 14.9 Å². The molecular formula is C16H18N2O7. The van der Waals surface area contributed by atoms with Crippen LogP contribution in [0.2, 0.25) is 0 Å². The van der Waals surface area contributed by atoms with Crippen molar-refractivity contribution in [2.24, 2.45) is 0 Å². The van der Waals surface area contributed by atoms with Crippen LogP contribution in [-0.4, -0.2) is 57.7 Å². The van der Waals surface area contributed by atoms with E-state index >= 15 is 0 Å². The number of carbonyl (C=O) groups is 4. The van der Waals surface area contributed by atoms with Gasteiger partial charge in [0.25, 0.3) is 0 Å². The number of carbonyl (C=O) groups excluding carboxylic acids is 2. The minimum atomic E-state index is -1.21. The van der Waals surface area contributed by atoms with Crippen molar-refractivity contribution in [3.63, 3.8) is 0 Å². The lowest BCUT2D eigenvalue weighted by molar-refractivity contribution is -0.159. The number of nitrogens with one attached hydrogen (secondary N) is 1. The fourth-order valence-electron chi connectivity index (χ4n) is 2.59. The van der Waals surface area contributed by atoms with Crippen molar-refractivity contribution >= 4 is 23.9 Å². The Kier molecular flexibility index (Phi) is 5.93. The van der Waals surface area contributed by atoms with Crippen molar-refractivity contribution in [3.05, 3.63) is 35.9 Å². The van der Waals surface area contributed by atoms with Crippen molar-refractivity contribution in [3.8, 4) is 0 Å². The first-order valence-corrected chi connectivity index (χ1v) is 7.59. The van der Waals surface area contributed by atoms with E-state index in [0.717, 1.165) is 10.5 Å². The summed E-state index contributed by atoms with van der Waals surface area (Å²) < 4.78 is 5.02. The molecule has 2 atom stereocenters. The van der Waals surface area contributed by atoms with Crippen LogP contribution < -0.4 is 5.32 Å². The highest BCUT2D eigenvalue weighted by atomic mass is 16.5. The average molecular weight is 350 g/mol. The molecule has 0 saturated carbocycles. The van der Waals surface area contributed by atoms with Crippen LogP contribution in [0.25, 0.3) is 0 Å². The number of rotatable bonds is 8. The maximum absolute atomic E-state index is 12.0. The molecule has 1 aromatic carbocycles. The highest BCUT2D eigenvalue weighted by Crippen LogP contribution is 2.24. The van der Waals surface area contributed by atoms with E-state index < -0.39 is 42.6 Å². The van der Waals surface area contributed by atoms with Crippen LogP contribution in [0, 0.1) is 0 Å². The predicted octanol–water partition coefficient (Wildman–Crippen LogP) is 0.442. The quantitative estimate of drug-likeness (QED) is 0.579. The number of benzene rings is 1. The van der Waals surface area contributed by atoms with Crippen molar-refractivity contribution in [2.45, 2.75) is 31.5 Å². The van der Waals surface area contributed by atoms with Crippen LogP contribution in [0.15, 0.2) is 30.3 Å². The summed E-state index contributed by atoms with van der Waals surface area (Å²) in [6.07, 6.45) is -1.03. The van der Waals surface area contributed by atoms with Crippen LogP contribution in [0.3, 0.4) is 0 Å². The number of carboxylic acids is 2. The Labute approximate surface area is 143 Å². The fraction of sp³-hybridized carbons (Fsp3) is 0.375. The number of β-lactam (4-membered cyclic amide) rings is 1. The molecule has 0 radical (unpaired) electrons. The molecule has 134 valence electrons. The van der Waals surface area contributed by atoms with Gasteiger partial charge in [-0.25, -0.2) is 4.79 Å². The van der Waals surface area contributed by atoms with Gasteiger partial charge in [0, 0.05) is 6.42 Å². The van der Waals surface area contributed by atoms with Crippen molar-refractivity contribution in [2.75, 3.05) is 6.54 Å². The molecule has 3 N–H and O–H groups in total. The summed E-state index contributed by atoms with van der Waals surface area (Å²) in [5, 5.41) is 20.0.